The topological polar surface area (TPSA) is 12.5 Å². The monoisotopic (exact) mass is 333 g/mol. The van der Waals surface area contributed by atoms with Crippen LogP contribution in [0.1, 0.15) is 25.8 Å². The Morgan fingerprint density at radius 2 is 2.16 bits per heavy atom. The second-order valence-electron chi connectivity index (χ2n) is 5.21. The van der Waals surface area contributed by atoms with Crippen molar-refractivity contribution >= 4 is 15.9 Å². The first-order chi connectivity index (χ1) is 8.87. The fourth-order valence-electron chi connectivity index (χ4n) is 2.23. The van der Waals surface area contributed by atoms with E-state index < -0.39 is 5.92 Å². The van der Waals surface area contributed by atoms with Crippen molar-refractivity contribution in [3.05, 3.63) is 28.2 Å². The van der Waals surface area contributed by atoms with Gasteiger partial charge in [0.2, 0.25) is 0 Å². The van der Waals surface area contributed by atoms with E-state index in [9.17, 15) is 8.78 Å². The van der Waals surface area contributed by atoms with Gasteiger partial charge in [-0.05, 0) is 35.8 Å². The van der Waals surface area contributed by atoms with Crippen molar-refractivity contribution in [1.29, 1.82) is 0 Å². The molecule has 0 aromatic heterocycles. The van der Waals surface area contributed by atoms with Crippen LogP contribution in [0.2, 0.25) is 0 Å². The number of alkyl halides is 2. The molecule has 0 bridgehead atoms. The highest BCUT2D eigenvalue weighted by atomic mass is 79.9. The number of rotatable bonds is 4. The van der Waals surface area contributed by atoms with E-state index in [1.54, 1.807) is 4.90 Å². The Balaban J connectivity index is 2.14. The van der Waals surface area contributed by atoms with Gasteiger partial charge < -0.3 is 4.74 Å². The molecule has 1 saturated heterocycles. The number of ether oxygens (including phenoxy) is 1. The molecule has 0 atom stereocenters. The minimum atomic E-state index is -2.55. The SMILES string of the molecule is CC(C)Oc1c(Br)cccc1CN1CCC(F)(F)C1. The first-order valence-corrected chi connectivity index (χ1v) is 7.21. The summed E-state index contributed by atoms with van der Waals surface area (Å²) < 4.78 is 33.1. The van der Waals surface area contributed by atoms with Crippen molar-refractivity contribution in [1.82, 2.24) is 4.90 Å². The molecule has 1 aliphatic rings. The van der Waals surface area contributed by atoms with Gasteiger partial charge in [-0.25, -0.2) is 8.78 Å². The molecule has 0 aliphatic carbocycles. The zero-order chi connectivity index (χ0) is 14.0. The molecule has 0 saturated carbocycles. The van der Waals surface area contributed by atoms with Crippen LogP contribution in [-0.2, 0) is 6.54 Å². The fourth-order valence-corrected chi connectivity index (χ4v) is 2.73. The summed E-state index contributed by atoms with van der Waals surface area (Å²) in [7, 11) is 0. The van der Waals surface area contributed by atoms with Crippen LogP contribution >= 0.6 is 15.9 Å². The van der Waals surface area contributed by atoms with Crippen LogP contribution in [0, 0.1) is 0 Å². The summed E-state index contributed by atoms with van der Waals surface area (Å²) in [4.78, 5) is 1.77. The van der Waals surface area contributed by atoms with Crippen LogP contribution in [0.3, 0.4) is 0 Å². The van der Waals surface area contributed by atoms with E-state index in [4.69, 9.17) is 4.74 Å². The molecule has 0 spiro atoms. The first kappa shape index (κ1) is 14.7. The van der Waals surface area contributed by atoms with E-state index in [-0.39, 0.29) is 19.1 Å². The van der Waals surface area contributed by atoms with Crippen molar-refractivity contribution < 1.29 is 13.5 Å². The van der Waals surface area contributed by atoms with Gasteiger partial charge in [0.1, 0.15) is 5.75 Å². The Labute approximate surface area is 120 Å². The third kappa shape index (κ3) is 3.89. The highest BCUT2D eigenvalue weighted by Crippen LogP contribution is 2.33. The second-order valence-corrected chi connectivity index (χ2v) is 6.07. The number of hydrogen-bond acceptors (Lipinski definition) is 2. The lowest BCUT2D eigenvalue weighted by molar-refractivity contribution is 0.0114. The molecule has 0 N–H and O–H groups in total. The number of nitrogens with zero attached hydrogens (tertiary/aromatic N) is 1. The molecule has 1 heterocycles. The molecule has 2 nitrogen and oxygen atoms in total. The smallest absolute Gasteiger partial charge is 0.261 e. The second kappa shape index (κ2) is 5.75. The Kier molecular flexibility index (Phi) is 4.46. The van der Waals surface area contributed by atoms with E-state index >= 15 is 0 Å². The van der Waals surface area contributed by atoms with Crippen LogP contribution < -0.4 is 4.74 Å². The van der Waals surface area contributed by atoms with E-state index in [0.29, 0.717) is 13.1 Å². The van der Waals surface area contributed by atoms with Crippen molar-refractivity contribution in [3.63, 3.8) is 0 Å². The van der Waals surface area contributed by atoms with Crippen molar-refractivity contribution in [3.8, 4) is 5.75 Å². The normalized spacial score (nSPS) is 19.1. The van der Waals surface area contributed by atoms with Gasteiger partial charge in [0.25, 0.3) is 5.92 Å². The van der Waals surface area contributed by atoms with Gasteiger partial charge in [-0.15, -0.1) is 0 Å². The van der Waals surface area contributed by atoms with Gasteiger partial charge in [-0.2, -0.15) is 0 Å². The van der Waals surface area contributed by atoms with E-state index in [0.717, 1.165) is 15.8 Å². The van der Waals surface area contributed by atoms with E-state index in [1.165, 1.54) is 0 Å². The average molecular weight is 334 g/mol. The maximum absolute atomic E-state index is 13.2. The lowest BCUT2D eigenvalue weighted by Crippen LogP contribution is -2.25. The minimum absolute atomic E-state index is 0.0532. The van der Waals surface area contributed by atoms with Crippen LogP contribution in [0.15, 0.2) is 22.7 Å². The summed E-state index contributed by atoms with van der Waals surface area (Å²) in [6.45, 7) is 4.67. The Morgan fingerprint density at radius 1 is 1.42 bits per heavy atom. The maximum atomic E-state index is 13.2. The zero-order valence-corrected chi connectivity index (χ0v) is 12.7. The van der Waals surface area contributed by atoms with Gasteiger partial charge >= 0.3 is 0 Å². The molecular formula is C14H18BrF2NO. The summed E-state index contributed by atoms with van der Waals surface area (Å²) in [5.41, 5.74) is 0.945. The Morgan fingerprint density at radius 3 is 2.74 bits per heavy atom. The Hall–Kier alpha value is -0.680. The molecular weight excluding hydrogens is 316 g/mol. The van der Waals surface area contributed by atoms with Crippen LogP contribution in [0.4, 0.5) is 8.78 Å². The van der Waals surface area contributed by atoms with Crippen molar-refractivity contribution in [2.45, 2.75) is 38.8 Å². The molecule has 5 heteroatoms. The molecule has 19 heavy (non-hydrogen) atoms. The van der Waals surface area contributed by atoms with Crippen LogP contribution in [0.25, 0.3) is 0 Å². The Bertz CT molecular complexity index is 451. The first-order valence-electron chi connectivity index (χ1n) is 6.41. The summed E-state index contributed by atoms with van der Waals surface area (Å²) >= 11 is 3.46. The number of para-hydroxylation sites is 1. The molecule has 2 rings (SSSR count). The summed E-state index contributed by atoms with van der Waals surface area (Å²) in [6.07, 6.45) is -0.000980. The van der Waals surface area contributed by atoms with Crippen molar-refractivity contribution in [2.24, 2.45) is 0 Å². The molecule has 1 aromatic rings. The third-order valence-electron chi connectivity index (χ3n) is 3.04. The predicted molar refractivity (Wildman–Crippen MR) is 74.7 cm³/mol. The minimum Gasteiger partial charge on any atom is -0.489 e. The largest absolute Gasteiger partial charge is 0.489 e. The number of likely N-dealkylation sites (tertiary alicyclic amines) is 1. The molecule has 1 aliphatic heterocycles. The summed E-state index contributed by atoms with van der Waals surface area (Å²) in [6, 6.07) is 5.74. The van der Waals surface area contributed by atoms with E-state index in [1.807, 2.05) is 32.0 Å². The van der Waals surface area contributed by atoms with Crippen LogP contribution in [-0.4, -0.2) is 30.0 Å². The molecule has 1 fully saturated rings. The number of benzene rings is 1. The maximum Gasteiger partial charge on any atom is 0.261 e. The standard InChI is InChI=1S/C14H18BrF2NO/c1-10(2)19-13-11(4-3-5-12(13)15)8-18-7-6-14(16,17)9-18/h3-5,10H,6-9H2,1-2H3. The third-order valence-corrected chi connectivity index (χ3v) is 3.67. The van der Waals surface area contributed by atoms with Gasteiger partial charge in [-0.3, -0.25) is 4.90 Å². The number of hydrogen-bond donors (Lipinski definition) is 0. The number of halogens is 3. The van der Waals surface area contributed by atoms with E-state index in [2.05, 4.69) is 15.9 Å². The van der Waals surface area contributed by atoms with Gasteiger partial charge in [0, 0.05) is 25.1 Å². The highest BCUT2D eigenvalue weighted by molar-refractivity contribution is 9.10. The lowest BCUT2D eigenvalue weighted by atomic mass is 10.2. The molecule has 0 unspecified atom stereocenters. The van der Waals surface area contributed by atoms with Crippen LogP contribution in [0.5, 0.6) is 5.75 Å². The average Bonchev–Trinajstić information content (AvgIpc) is 2.63. The molecule has 1 aromatic carbocycles. The van der Waals surface area contributed by atoms with Gasteiger partial charge in [0.15, 0.2) is 0 Å². The summed E-state index contributed by atoms with van der Waals surface area (Å²) in [5.74, 6) is -1.79. The van der Waals surface area contributed by atoms with Gasteiger partial charge in [0.05, 0.1) is 17.1 Å². The molecule has 0 amide bonds. The van der Waals surface area contributed by atoms with Crippen molar-refractivity contribution in [2.75, 3.05) is 13.1 Å². The lowest BCUT2D eigenvalue weighted by Gasteiger charge is -2.20. The quantitative estimate of drug-likeness (QED) is 0.823. The summed E-state index contributed by atoms with van der Waals surface area (Å²) in [5, 5.41) is 0. The molecule has 0 radical (unpaired) electrons. The highest BCUT2D eigenvalue weighted by Gasteiger charge is 2.38. The zero-order valence-electron chi connectivity index (χ0n) is 11.1. The molecule has 106 valence electrons. The van der Waals surface area contributed by atoms with Gasteiger partial charge in [-0.1, -0.05) is 12.1 Å². The fraction of sp³-hybridized carbons (Fsp3) is 0.571. The predicted octanol–water partition coefficient (Wildman–Crippen LogP) is 4.08.